The van der Waals surface area contributed by atoms with E-state index >= 15 is 0 Å². The molecule has 192 valence electrons. The number of benzene rings is 1. The van der Waals surface area contributed by atoms with Crippen LogP contribution in [0.25, 0.3) is 0 Å². The monoisotopic (exact) mass is 496 g/mol. The molecule has 0 aliphatic heterocycles. The summed E-state index contributed by atoms with van der Waals surface area (Å²) in [5.74, 6) is -7.45. The van der Waals surface area contributed by atoms with E-state index in [1.165, 1.54) is 0 Å². The van der Waals surface area contributed by atoms with Crippen molar-refractivity contribution in [1.29, 1.82) is 0 Å². The molecule has 9 N–H and O–H groups in total. The molecule has 0 aromatic heterocycles. The fourth-order valence-electron chi connectivity index (χ4n) is 2.89. The Morgan fingerprint density at radius 2 is 1.31 bits per heavy atom. The van der Waals surface area contributed by atoms with Gasteiger partial charge in [0.2, 0.25) is 17.7 Å². The second-order valence-electron chi connectivity index (χ2n) is 7.53. The molecule has 0 radical (unpaired) electrons. The number of carbonyl (C=O) groups is 6. The molecule has 35 heavy (non-hydrogen) atoms. The Hall–Kier alpha value is -4.04. The molecule has 0 heterocycles. The number of carbonyl (C=O) groups excluding carboxylic acids is 3. The van der Waals surface area contributed by atoms with Gasteiger partial charge in [0, 0.05) is 6.42 Å². The smallest absolute Gasteiger partial charge is 0.328 e. The zero-order chi connectivity index (χ0) is 26.5. The molecule has 0 bridgehead atoms. The van der Waals surface area contributed by atoms with Crippen molar-refractivity contribution < 1.29 is 49.2 Å². The maximum Gasteiger partial charge on any atom is 0.328 e. The van der Waals surface area contributed by atoms with Gasteiger partial charge in [-0.1, -0.05) is 30.3 Å². The van der Waals surface area contributed by atoms with Crippen molar-refractivity contribution >= 4 is 35.6 Å². The lowest BCUT2D eigenvalue weighted by molar-refractivity contribution is -0.144. The predicted molar refractivity (Wildman–Crippen MR) is 118 cm³/mol. The summed E-state index contributed by atoms with van der Waals surface area (Å²) in [7, 11) is 0. The molecule has 0 fully saturated rings. The molecular weight excluding hydrogens is 468 g/mol. The second kappa shape index (κ2) is 14.3. The number of carboxylic acids is 3. The summed E-state index contributed by atoms with van der Waals surface area (Å²) < 4.78 is 0. The summed E-state index contributed by atoms with van der Waals surface area (Å²) in [5, 5.41) is 42.4. The van der Waals surface area contributed by atoms with Crippen LogP contribution in [0.3, 0.4) is 0 Å². The van der Waals surface area contributed by atoms with Gasteiger partial charge in [-0.15, -0.1) is 0 Å². The lowest BCUT2D eigenvalue weighted by atomic mass is 10.0. The molecule has 0 saturated carbocycles. The molecular formula is C21H28N4O10. The fourth-order valence-corrected chi connectivity index (χ4v) is 2.89. The predicted octanol–water partition coefficient (Wildman–Crippen LogP) is -2.57. The minimum Gasteiger partial charge on any atom is -0.481 e. The number of carboxylic acid groups (broad SMARTS) is 3. The fraction of sp³-hybridized carbons (Fsp3) is 0.429. The van der Waals surface area contributed by atoms with E-state index in [1.54, 1.807) is 30.3 Å². The number of aliphatic hydroxyl groups is 1. The lowest BCUT2D eigenvalue weighted by Gasteiger charge is -2.24. The lowest BCUT2D eigenvalue weighted by Crippen LogP contribution is -2.58. The van der Waals surface area contributed by atoms with Gasteiger partial charge < -0.3 is 42.1 Å². The Labute approximate surface area is 199 Å². The Morgan fingerprint density at radius 3 is 1.83 bits per heavy atom. The first kappa shape index (κ1) is 29.0. The van der Waals surface area contributed by atoms with Crippen LogP contribution in [0.1, 0.15) is 24.8 Å². The first-order chi connectivity index (χ1) is 16.4. The number of hydrogen-bond acceptors (Lipinski definition) is 8. The molecule has 0 aliphatic carbocycles. The van der Waals surface area contributed by atoms with Crippen molar-refractivity contribution in [3.63, 3.8) is 0 Å². The highest BCUT2D eigenvalue weighted by atomic mass is 16.4. The quantitative estimate of drug-likeness (QED) is 0.125. The van der Waals surface area contributed by atoms with Gasteiger partial charge in [-0.3, -0.25) is 24.0 Å². The van der Waals surface area contributed by atoms with E-state index in [0.717, 1.165) is 5.56 Å². The molecule has 1 rings (SSSR count). The van der Waals surface area contributed by atoms with Crippen LogP contribution in [-0.4, -0.2) is 86.8 Å². The number of aliphatic hydroxyl groups excluding tert-OH is 1. The Morgan fingerprint density at radius 1 is 0.771 bits per heavy atom. The summed E-state index contributed by atoms with van der Waals surface area (Å²) in [4.78, 5) is 70.8. The van der Waals surface area contributed by atoms with E-state index < -0.39 is 85.7 Å². The zero-order valence-corrected chi connectivity index (χ0v) is 18.5. The van der Waals surface area contributed by atoms with Crippen LogP contribution in [0.4, 0.5) is 0 Å². The third-order valence-corrected chi connectivity index (χ3v) is 4.72. The van der Waals surface area contributed by atoms with Gasteiger partial charge in [-0.25, -0.2) is 4.79 Å². The number of rotatable bonds is 15. The highest BCUT2D eigenvalue weighted by molar-refractivity contribution is 5.95. The zero-order valence-electron chi connectivity index (χ0n) is 18.5. The van der Waals surface area contributed by atoms with Crippen LogP contribution in [0.5, 0.6) is 0 Å². The van der Waals surface area contributed by atoms with Crippen LogP contribution < -0.4 is 21.7 Å². The molecule has 1 aromatic rings. The van der Waals surface area contributed by atoms with Crippen molar-refractivity contribution in [3.05, 3.63) is 35.9 Å². The Balaban J connectivity index is 2.96. The summed E-state index contributed by atoms with van der Waals surface area (Å²) >= 11 is 0. The number of amides is 3. The third-order valence-electron chi connectivity index (χ3n) is 4.72. The first-order valence-corrected chi connectivity index (χ1v) is 10.4. The average Bonchev–Trinajstić information content (AvgIpc) is 2.79. The number of nitrogens with one attached hydrogen (secondary N) is 3. The van der Waals surface area contributed by atoms with E-state index in [2.05, 4.69) is 10.6 Å². The molecule has 14 nitrogen and oxygen atoms in total. The molecule has 3 amide bonds. The van der Waals surface area contributed by atoms with Gasteiger partial charge in [-0.2, -0.15) is 0 Å². The molecule has 0 aliphatic rings. The normalized spacial score (nSPS) is 14.0. The van der Waals surface area contributed by atoms with Gasteiger partial charge >= 0.3 is 17.9 Å². The minimum absolute atomic E-state index is 0.0927. The summed E-state index contributed by atoms with van der Waals surface area (Å²) in [6.45, 7) is -0.975. The largest absolute Gasteiger partial charge is 0.481 e. The van der Waals surface area contributed by atoms with Crippen molar-refractivity contribution in [2.75, 3.05) is 6.61 Å². The minimum atomic E-state index is -1.72. The van der Waals surface area contributed by atoms with Crippen molar-refractivity contribution in [2.45, 2.75) is 49.9 Å². The van der Waals surface area contributed by atoms with Crippen molar-refractivity contribution in [3.8, 4) is 0 Å². The highest BCUT2D eigenvalue weighted by Gasteiger charge is 2.31. The van der Waals surface area contributed by atoms with Gasteiger partial charge in [-0.05, 0) is 18.4 Å². The summed E-state index contributed by atoms with van der Waals surface area (Å²) in [6.07, 6.45) is -1.87. The molecule has 1 aromatic carbocycles. The van der Waals surface area contributed by atoms with E-state index in [1.807, 2.05) is 5.32 Å². The Kier molecular flexibility index (Phi) is 11.8. The van der Waals surface area contributed by atoms with E-state index in [-0.39, 0.29) is 6.42 Å². The third kappa shape index (κ3) is 10.6. The maximum absolute atomic E-state index is 12.7. The van der Waals surface area contributed by atoms with Gasteiger partial charge in [0.1, 0.15) is 18.1 Å². The molecule has 4 unspecified atom stereocenters. The van der Waals surface area contributed by atoms with Crippen LogP contribution in [0, 0.1) is 0 Å². The molecule has 0 spiro atoms. The first-order valence-electron chi connectivity index (χ1n) is 10.4. The van der Waals surface area contributed by atoms with E-state index in [0.29, 0.717) is 0 Å². The standard InChI is InChI=1S/C21H28N4O10/c22-12(8-11-4-2-1-3-5-11)18(31)24-14(9-17(29)30)20(33)23-13(6-7-16(27)28)19(32)25-15(10-26)21(34)35/h1-5,12-15,26H,6-10,22H2,(H,23,33)(H,24,31)(H,25,32)(H,27,28)(H,29,30)(H,34,35). The Bertz CT molecular complexity index is 924. The van der Waals surface area contributed by atoms with Gasteiger partial charge in [0.05, 0.1) is 19.1 Å². The van der Waals surface area contributed by atoms with Crippen LogP contribution in [0.2, 0.25) is 0 Å². The summed E-state index contributed by atoms with van der Waals surface area (Å²) in [6, 6.07) is 2.54. The van der Waals surface area contributed by atoms with Crippen LogP contribution in [0.15, 0.2) is 30.3 Å². The van der Waals surface area contributed by atoms with Gasteiger partial charge in [0.25, 0.3) is 0 Å². The molecule has 4 atom stereocenters. The second-order valence-corrected chi connectivity index (χ2v) is 7.53. The van der Waals surface area contributed by atoms with E-state index in [9.17, 15) is 28.8 Å². The molecule has 14 heteroatoms. The number of nitrogens with two attached hydrogens (primary N) is 1. The molecule has 0 saturated heterocycles. The van der Waals surface area contributed by atoms with E-state index in [4.69, 9.17) is 26.2 Å². The van der Waals surface area contributed by atoms with Crippen molar-refractivity contribution in [2.24, 2.45) is 5.73 Å². The van der Waals surface area contributed by atoms with Crippen LogP contribution >= 0.6 is 0 Å². The topological polar surface area (TPSA) is 245 Å². The number of hydrogen-bond donors (Lipinski definition) is 8. The maximum atomic E-state index is 12.7. The van der Waals surface area contributed by atoms with Gasteiger partial charge in [0.15, 0.2) is 0 Å². The SMILES string of the molecule is NC(Cc1ccccc1)C(=O)NC(CC(=O)O)C(=O)NC(CCC(=O)O)C(=O)NC(CO)C(=O)O. The summed E-state index contributed by atoms with van der Waals surface area (Å²) in [5.41, 5.74) is 6.58. The number of aliphatic carboxylic acids is 3. The van der Waals surface area contributed by atoms with Crippen LogP contribution in [-0.2, 0) is 35.2 Å². The highest BCUT2D eigenvalue weighted by Crippen LogP contribution is 2.05. The van der Waals surface area contributed by atoms with Crippen molar-refractivity contribution in [1.82, 2.24) is 16.0 Å². The average molecular weight is 496 g/mol.